The van der Waals surface area contributed by atoms with Gasteiger partial charge in [-0.15, -0.1) is 10.2 Å². The molecular weight excluding hydrogens is 471 g/mol. The van der Waals surface area contributed by atoms with E-state index >= 15 is 0 Å². The number of imide groups is 1. The number of nitrogens with one attached hydrogen (secondary N) is 2. The van der Waals surface area contributed by atoms with Crippen molar-refractivity contribution in [3.05, 3.63) is 74.8 Å². The molecule has 0 aliphatic rings. The molecule has 2 N–H and O–H groups in total. The van der Waals surface area contributed by atoms with Gasteiger partial charge in [0.1, 0.15) is 10.4 Å². The molecule has 0 atom stereocenters. The zero-order valence-electron chi connectivity index (χ0n) is 13.9. The first-order valence-electron chi connectivity index (χ1n) is 7.76. The van der Waals surface area contributed by atoms with Gasteiger partial charge in [-0.3, -0.25) is 10.1 Å². The monoisotopic (exact) mass is 480 g/mol. The zero-order valence-corrected chi connectivity index (χ0v) is 17.0. The number of ether oxygens (including phenoxy) is 1. The number of hydrogen-bond acceptors (Lipinski definition) is 5. The Morgan fingerprint density at radius 3 is 2.43 bits per heavy atom. The molecule has 1 heterocycles. The van der Waals surface area contributed by atoms with Crippen LogP contribution in [0.5, 0.6) is 11.6 Å². The van der Waals surface area contributed by atoms with Crippen molar-refractivity contribution in [2.24, 2.45) is 0 Å². The third-order valence-electron chi connectivity index (χ3n) is 3.36. The van der Waals surface area contributed by atoms with Crippen molar-refractivity contribution in [1.82, 2.24) is 15.5 Å². The number of hydrogen-bond donors (Lipinski definition) is 2. The van der Waals surface area contributed by atoms with Crippen LogP contribution < -0.4 is 15.4 Å². The van der Waals surface area contributed by atoms with E-state index in [9.17, 15) is 9.59 Å². The van der Waals surface area contributed by atoms with E-state index in [1.54, 1.807) is 42.5 Å². The maximum absolute atomic E-state index is 12.1. The predicted molar refractivity (Wildman–Crippen MR) is 109 cm³/mol. The minimum atomic E-state index is -0.728. The zero-order chi connectivity index (χ0) is 20.1. The fourth-order valence-electron chi connectivity index (χ4n) is 2.11. The minimum absolute atomic E-state index is 0.191. The van der Waals surface area contributed by atoms with E-state index < -0.39 is 11.9 Å². The van der Waals surface area contributed by atoms with Gasteiger partial charge in [-0.2, -0.15) is 0 Å². The van der Waals surface area contributed by atoms with Gasteiger partial charge in [0.2, 0.25) is 5.88 Å². The fourth-order valence-corrected chi connectivity index (χ4v) is 2.76. The summed E-state index contributed by atoms with van der Waals surface area (Å²) in [7, 11) is 0. The van der Waals surface area contributed by atoms with Crippen LogP contribution in [0.2, 0.25) is 10.0 Å². The molecule has 10 heteroatoms. The third kappa shape index (κ3) is 5.19. The first kappa shape index (κ1) is 20.1. The molecule has 3 amide bonds. The Bertz CT molecular complexity index is 1030. The number of carbonyl (C=O) groups is 2. The molecule has 0 saturated heterocycles. The van der Waals surface area contributed by atoms with Gasteiger partial charge >= 0.3 is 6.03 Å². The number of urea groups is 1. The van der Waals surface area contributed by atoms with Crippen molar-refractivity contribution in [3.8, 4) is 11.6 Å². The molecule has 2 aromatic carbocycles. The van der Waals surface area contributed by atoms with Gasteiger partial charge in [-0.05, 0) is 52.3 Å². The van der Waals surface area contributed by atoms with Crippen LogP contribution in [-0.2, 0) is 0 Å². The molecule has 142 valence electrons. The van der Waals surface area contributed by atoms with Gasteiger partial charge in [0.05, 0.1) is 15.6 Å². The molecular formula is C18H11BrCl2N4O3. The lowest BCUT2D eigenvalue weighted by atomic mass is 10.2. The number of aromatic nitrogens is 2. The molecule has 0 spiro atoms. The smallest absolute Gasteiger partial charge is 0.326 e. The Morgan fingerprint density at radius 1 is 0.964 bits per heavy atom. The van der Waals surface area contributed by atoms with Gasteiger partial charge in [0.25, 0.3) is 5.91 Å². The van der Waals surface area contributed by atoms with Crippen molar-refractivity contribution in [1.29, 1.82) is 0 Å². The van der Waals surface area contributed by atoms with E-state index in [0.29, 0.717) is 16.0 Å². The molecule has 3 rings (SSSR count). The van der Waals surface area contributed by atoms with Crippen molar-refractivity contribution >= 4 is 56.8 Å². The fraction of sp³-hybridized carbons (Fsp3) is 0. The Kier molecular flexibility index (Phi) is 6.45. The topological polar surface area (TPSA) is 93.2 Å². The lowest BCUT2D eigenvalue weighted by molar-refractivity contribution is 0.0967. The number of halogens is 3. The van der Waals surface area contributed by atoms with Crippen LogP contribution in [0, 0.1) is 0 Å². The minimum Gasteiger partial charge on any atom is -0.436 e. The summed E-state index contributed by atoms with van der Waals surface area (Å²) in [5.74, 6) is -0.0340. The van der Waals surface area contributed by atoms with Crippen molar-refractivity contribution < 1.29 is 14.3 Å². The number of anilines is 1. The van der Waals surface area contributed by atoms with E-state index in [4.69, 9.17) is 27.9 Å². The molecule has 0 radical (unpaired) electrons. The second-order valence-corrected chi connectivity index (χ2v) is 6.96. The van der Waals surface area contributed by atoms with E-state index in [-0.39, 0.29) is 21.5 Å². The molecule has 0 unspecified atom stereocenters. The second kappa shape index (κ2) is 9.01. The number of nitrogens with zero attached hydrogens (tertiary/aromatic N) is 2. The lowest BCUT2D eigenvalue weighted by Gasteiger charge is -2.10. The van der Waals surface area contributed by atoms with Gasteiger partial charge < -0.3 is 10.1 Å². The van der Waals surface area contributed by atoms with Gasteiger partial charge in [0, 0.05) is 11.8 Å². The lowest BCUT2D eigenvalue weighted by Crippen LogP contribution is -2.34. The maximum atomic E-state index is 12.1. The molecule has 0 fully saturated rings. The van der Waals surface area contributed by atoms with E-state index in [1.165, 1.54) is 12.1 Å². The summed E-state index contributed by atoms with van der Waals surface area (Å²) in [6.45, 7) is 0. The average Bonchev–Trinajstić information content (AvgIpc) is 2.66. The first-order chi connectivity index (χ1) is 13.4. The third-order valence-corrected chi connectivity index (χ3v) is 4.41. The number of benzene rings is 2. The van der Waals surface area contributed by atoms with Gasteiger partial charge in [-0.25, -0.2) is 4.79 Å². The summed E-state index contributed by atoms with van der Waals surface area (Å²) in [5.41, 5.74) is 0.556. The molecule has 0 bridgehead atoms. The van der Waals surface area contributed by atoms with Crippen LogP contribution in [-0.4, -0.2) is 22.1 Å². The molecule has 3 aromatic rings. The van der Waals surface area contributed by atoms with Crippen LogP contribution in [0.1, 0.15) is 10.4 Å². The summed E-state index contributed by atoms with van der Waals surface area (Å²) in [5, 5.41) is 12.8. The molecule has 0 aliphatic heterocycles. The average molecular weight is 482 g/mol. The summed E-state index contributed by atoms with van der Waals surface area (Å²) in [6.07, 6.45) is 0. The van der Waals surface area contributed by atoms with Gasteiger partial charge in [-0.1, -0.05) is 35.3 Å². The quantitative estimate of drug-likeness (QED) is 0.527. The molecule has 28 heavy (non-hydrogen) atoms. The van der Waals surface area contributed by atoms with Crippen molar-refractivity contribution in [2.75, 3.05) is 5.32 Å². The molecule has 7 nitrogen and oxygen atoms in total. The molecule has 1 aromatic heterocycles. The molecule has 0 saturated carbocycles. The molecule has 0 aliphatic carbocycles. The highest BCUT2D eigenvalue weighted by Gasteiger charge is 2.14. The van der Waals surface area contributed by atoms with Crippen molar-refractivity contribution in [2.45, 2.75) is 0 Å². The maximum Gasteiger partial charge on any atom is 0.326 e. The van der Waals surface area contributed by atoms with E-state index in [1.807, 2.05) is 0 Å². The highest BCUT2D eigenvalue weighted by Crippen LogP contribution is 2.31. The van der Waals surface area contributed by atoms with E-state index in [0.717, 1.165) is 0 Å². The number of amides is 3. The van der Waals surface area contributed by atoms with E-state index in [2.05, 4.69) is 36.8 Å². The van der Waals surface area contributed by atoms with Crippen molar-refractivity contribution in [3.63, 3.8) is 0 Å². The van der Waals surface area contributed by atoms with Crippen LogP contribution in [0.25, 0.3) is 0 Å². The standard InChI is InChI=1S/C18H11BrCl2N4O3/c19-15-7-8-16(25-24-15)28-14-6-5-10(9-13(14)21)22-18(27)23-17(26)11-3-1-2-4-12(11)20/h1-9H,(H2,22,23,26,27). The predicted octanol–water partition coefficient (Wildman–Crippen LogP) is 5.30. The van der Waals surface area contributed by atoms with Crippen LogP contribution in [0.15, 0.2) is 59.2 Å². The summed E-state index contributed by atoms with van der Waals surface area (Å²) >= 11 is 15.3. The summed E-state index contributed by atoms with van der Waals surface area (Å²) in [6, 6.07) is 13.6. The first-order valence-corrected chi connectivity index (χ1v) is 9.31. The Balaban J connectivity index is 1.63. The summed E-state index contributed by atoms with van der Waals surface area (Å²) in [4.78, 5) is 24.1. The largest absolute Gasteiger partial charge is 0.436 e. The van der Waals surface area contributed by atoms with Crippen LogP contribution >= 0.6 is 39.1 Å². The van der Waals surface area contributed by atoms with Crippen LogP contribution in [0.3, 0.4) is 0 Å². The Labute approximate surface area is 178 Å². The highest BCUT2D eigenvalue weighted by atomic mass is 79.9. The van der Waals surface area contributed by atoms with Crippen LogP contribution in [0.4, 0.5) is 10.5 Å². The number of carbonyl (C=O) groups excluding carboxylic acids is 2. The highest BCUT2D eigenvalue weighted by molar-refractivity contribution is 9.10. The van der Waals surface area contributed by atoms with Gasteiger partial charge in [0.15, 0.2) is 0 Å². The second-order valence-electron chi connectivity index (χ2n) is 5.33. The SMILES string of the molecule is O=C(NC(=O)c1ccccc1Cl)Nc1ccc(Oc2ccc(Br)nn2)c(Cl)c1. The number of rotatable bonds is 4. The normalized spacial score (nSPS) is 10.2. The Morgan fingerprint density at radius 2 is 1.75 bits per heavy atom. The summed E-state index contributed by atoms with van der Waals surface area (Å²) < 4.78 is 6.11. The Hall–Kier alpha value is -2.68.